The maximum Gasteiger partial charge on any atom is 0.162 e. The monoisotopic (exact) mass is 419 g/mol. The number of Topliss-reactive ketones (excluding diaryl/α,β-unsaturated/α-hetero) is 1. The quantitative estimate of drug-likeness (QED) is 0.533. The van der Waals surface area contributed by atoms with Crippen LogP contribution in [0.5, 0.6) is 0 Å². The molecule has 31 heavy (non-hydrogen) atoms. The summed E-state index contributed by atoms with van der Waals surface area (Å²) in [5, 5.41) is 0. The first-order valence-electron chi connectivity index (χ1n) is 10.9. The van der Waals surface area contributed by atoms with Crippen molar-refractivity contribution in [2.24, 2.45) is 20.9 Å². The number of hydrogen-bond donors (Lipinski definition) is 0. The molecule has 3 heterocycles. The second-order valence-electron chi connectivity index (χ2n) is 8.24. The van der Waals surface area contributed by atoms with Crippen LogP contribution in [0.1, 0.15) is 54.5 Å². The molecule has 1 atom stereocenters. The molecule has 2 aliphatic rings. The van der Waals surface area contributed by atoms with E-state index >= 15 is 0 Å². The number of aliphatic imine (C=N–C) groups is 3. The molecular formula is C25H33N5O. The Morgan fingerprint density at radius 3 is 2.39 bits per heavy atom. The van der Waals surface area contributed by atoms with Crippen LogP contribution < -0.4 is 4.90 Å². The molecule has 0 saturated carbocycles. The van der Waals surface area contributed by atoms with E-state index in [4.69, 9.17) is 0 Å². The first-order chi connectivity index (χ1) is 14.8. The molecule has 2 aromatic rings. The average molecular weight is 420 g/mol. The van der Waals surface area contributed by atoms with Gasteiger partial charge in [-0.2, -0.15) is 0 Å². The summed E-state index contributed by atoms with van der Waals surface area (Å²) in [6, 6.07) is 8.54. The van der Waals surface area contributed by atoms with Gasteiger partial charge < -0.3 is 9.47 Å². The minimum atomic E-state index is 0.0816. The fraction of sp³-hybridized carbons (Fsp3) is 0.440. The van der Waals surface area contributed by atoms with Crippen molar-refractivity contribution in [1.29, 1.82) is 0 Å². The molecular weight excluding hydrogens is 386 g/mol. The van der Waals surface area contributed by atoms with E-state index in [1.807, 2.05) is 27.0 Å². The highest BCUT2D eigenvalue weighted by molar-refractivity contribution is 6.04. The molecule has 164 valence electrons. The van der Waals surface area contributed by atoms with E-state index in [0.717, 1.165) is 53.7 Å². The van der Waals surface area contributed by atoms with Gasteiger partial charge in [-0.25, -0.2) is 4.99 Å². The van der Waals surface area contributed by atoms with Gasteiger partial charge in [0, 0.05) is 78.9 Å². The summed E-state index contributed by atoms with van der Waals surface area (Å²) in [7, 11) is 1.74. The zero-order valence-corrected chi connectivity index (χ0v) is 19.5. The lowest BCUT2D eigenvalue weighted by Crippen LogP contribution is -2.36. The van der Waals surface area contributed by atoms with Gasteiger partial charge >= 0.3 is 0 Å². The molecule has 0 aliphatic carbocycles. The van der Waals surface area contributed by atoms with Gasteiger partial charge in [0.15, 0.2) is 5.78 Å². The van der Waals surface area contributed by atoms with Gasteiger partial charge in [0.05, 0.1) is 0 Å². The standard InChI is InChI=1S/C19H23N3O.C6H10N2/c1-13-18(12-20-4)19(15(3)23)14(2)22(13)17-8-5-7-16(11-17)21-9-6-10-21;1-5-3-7-6(2)8-4-5/h5,7-8,11-12H,6,9-10H2,1-4H3;3,5H,4H2,1-2H3. The minimum Gasteiger partial charge on any atom is -0.371 e. The zero-order chi connectivity index (χ0) is 22.5. The number of anilines is 1. The minimum absolute atomic E-state index is 0.0816. The van der Waals surface area contributed by atoms with Crippen LogP contribution in [-0.2, 0) is 0 Å². The van der Waals surface area contributed by atoms with E-state index in [-0.39, 0.29) is 5.78 Å². The lowest BCUT2D eigenvalue weighted by molar-refractivity contribution is 0.101. The SMILES string of the molecule is CC1=NCC(C)C=N1.CN=Cc1c(C(C)=O)c(C)n(-c2cccc(N3CCC3)c2)c1C. The van der Waals surface area contributed by atoms with Crippen LogP contribution in [-0.4, -0.2) is 55.3 Å². The predicted octanol–water partition coefficient (Wildman–Crippen LogP) is 4.68. The molecule has 0 radical (unpaired) electrons. The van der Waals surface area contributed by atoms with Gasteiger partial charge in [0.1, 0.15) is 5.84 Å². The van der Waals surface area contributed by atoms with E-state index in [0.29, 0.717) is 5.92 Å². The van der Waals surface area contributed by atoms with Crippen molar-refractivity contribution in [2.45, 2.75) is 41.0 Å². The second kappa shape index (κ2) is 9.86. The highest BCUT2D eigenvalue weighted by Crippen LogP contribution is 2.29. The van der Waals surface area contributed by atoms with E-state index in [1.54, 1.807) is 20.2 Å². The summed E-state index contributed by atoms with van der Waals surface area (Å²) in [4.78, 5) is 26.8. The van der Waals surface area contributed by atoms with E-state index < -0.39 is 0 Å². The number of rotatable bonds is 4. The van der Waals surface area contributed by atoms with Crippen LogP contribution in [0, 0.1) is 19.8 Å². The maximum atomic E-state index is 12.1. The molecule has 1 aromatic heterocycles. The molecule has 0 spiro atoms. The van der Waals surface area contributed by atoms with Crippen LogP contribution >= 0.6 is 0 Å². The van der Waals surface area contributed by atoms with Crippen LogP contribution in [0.3, 0.4) is 0 Å². The molecule has 6 heteroatoms. The number of carbonyl (C=O) groups excluding carboxylic acids is 1. The van der Waals surface area contributed by atoms with Gasteiger partial charge in [-0.15, -0.1) is 0 Å². The number of aromatic nitrogens is 1. The van der Waals surface area contributed by atoms with Gasteiger partial charge in [-0.1, -0.05) is 13.0 Å². The number of hydrogen-bond acceptors (Lipinski definition) is 5. The second-order valence-corrected chi connectivity index (χ2v) is 8.24. The Hall–Kier alpha value is -3.02. The summed E-state index contributed by atoms with van der Waals surface area (Å²) in [5.74, 6) is 1.53. The molecule has 1 saturated heterocycles. The summed E-state index contributed by atoms with van der Waals surface area (Å²) in [5.41, 5.74) is 6.07. The third kappa shape index (κ3) is 5.01. The molecule has 0 bridgehead atoms. The Bertz CT molecular complexity index is 1040. The number of carbonyl (C=O) groups is 1. The lowest BCUT2D eigenvalue weighted by Gasteiger charge is -2.33. The third-order valence-corrected chi connectivity index (χ3v) is 5.74. The summed E-state index contributed by atoms with van der Waals surface area (Å²) in [6.07, 6.45) is 4.99. The molecule has 1 unspecified atom stereocenters. The van der Waals surface area contributed by atoms with Crippen molar-refractivity contribution in [2.75, 3.05) is 31.6 Å². The van der Waals surface area contributed by atoms with Gasteiger partial charge in [0.2, 0.25) is 0 Å². The predicted molar refractivity (Wildman–Crippen MR) is 131 cm³/mol. The highest BCUT2D eigenvalue weighted by Gasteiger charge is 2.21. The Labute approximate surface area is 185 Å². The molecule has 0 amide bonds. The molecule has 6 nitrogen and oxygen atoms in total. The fourth-order valence-corrected chi connectivity index (χ4v) is 3.98. The van der Waals surface area contributed by atoms with Crippen LogP contribution in [0.4, 0.5) is 5.69 Å². The highest BCUT2D eigenvalue weighted by atomic mass is 16.1. The molecule has 1 aromatic carbocycles. The number of amidine groups is 1. The summed E-state index contributed by atoms with van der Waals surface area (Å²) in [6.45, 7) is 12.9. The third-order valence-electron chi connectivity index (χ3n) is 5.74. The Morgan fingerprint density at radius 2 is 1.87 bits per heavy atom. The average Bonchev–Trinajstić information content (AvgIpc) is 2.94. The summed E-state index contributed by atoms with van der Waals surface area (Å²) < 4.78 is 2.16. The largest absolute Gasteiger partial charge is 0.371 e. The number of nitrogens with zero attached hydrogens (tertiary/aromatic N) is 5. The van der Waals surface area contributed by atoms with Gasteiger partial charge in [0.25, 0.3) is 0 Å². The Balaban J connectivity index is 0.000000287. The van der Waals surface area contributed by atoms with E-state index in [9.17, 15) is 4.79 Å². The summed E-state index contributed by atoms with van der Waals surface area (Å²) >= 11 is 0. The van der Waals surface area contributed by atoms with Crippen molar-refractivity contribution in [3.8, 4) is 5.69 Å². The molecule has 4 rings (SSSR count). The van der Waals surface area contributed by atoms with E-state index in [1.165, 1.54) is 12.1 Å². The topological polar surface area (TPSA) is 62.3 Å². The smallest absolute Gasteiger partial charge is 0.162 e. The van der Waals surface area contributed by atoms with Crippen molar-refractivity contribution in [3.05, 3.63) is 46.8 Å². The maximum absolute atomic E-state index is 12.1. The van der Waals surface area contributed by atoms with Crippen molar-refractivity contribution < 1.29 is 4.79 Å². The Morgan fingerprint density at radius 1 is 1.16 bits per heavy atom. The first-order valence-corrected chi connectivity index (χ1v) is 10.9. The number of ketones is 1. The van der Waals surface area contributed by atoms with Crippen LogP contribution in [0.2, 0.25) is 0 Å². The van der Waals surface area contributed by atoms with Crippen molar-refractivity contribution >= 4 is 29.7 Å². The fourth-order valence-electron chi connectivity index (χ4n) is 3.98. The first kappa shape index (κ1) is 22.7. The molecule has 0 N–H and O–H groups in total. The van der Waals surface area contributed by atoms with Crippen LogP contribution in [0.15, 0.2) is 39.2 Å². The number of benzene rings is 1. The van der Waals surface area contributed by atoms with Crippen molar-refractivity contribution in [1.82, 2.24) is 4.57 Å². The van der Waals surface area contributed by atoms with Crippen LogP contribution in [0.25, 0.3) is 5.69 Å². The zero-order valence-electron chi connectivity index (χ0n) is 19.5. The molecule has 1 fully saturated rings. The van der Waals surface area contributed by atoms with E-state index in [2.05, 4.69) is 55.6 Å². The lowest BCUT2D eigenvalue weighted by atomic mass is 10.1. The van der Waals surface area contributed by atoms with Gasteiger partial charge in [-0.05, 0) is 52.3 Å². The van der Waals surface area contributed by atoms with Crippen molar-refractivity contribution in [3.63, 3.8) is 0 Å². The Kier molecular flexibility index (Phi) is 7.21. The normalized spacial score (nSPS) is 17.8. The van der Waals surface area contributed by atoms with Gasteiger partial charge in [-0.3, -0.25) is 14.8 Å². The molecule has 2 aliphatic heterocycles.